The molecule has 0 aliphatic heterocycles. The van der Waals surface area contributed by atoms with Gasteiger partial charge in [0.05, 0.1) is 0 Å². The molecule has 15 heavy (non-hydrogen) atoms. The smallest absolute Gasteiger partial charge is 0.0299 e. The summed E-state index contributed by atoms with van der Waals surface area (Å²) in [7, 11) is 0. The summed E-state index contributed by atoms with van der Waals surface area (Å²) >= 11 is 0. The molecule has 0 fully saturated rings. The average molecular weight is 207 g/mol. The van der Waals surface area contributed by atoms with E-state index in [4.69, 9.17) is 5.73 Å². The monoisotopic (exact) mass is 207 g/mol. The fourth-order valence-electron chi connectivity index (χ4n) is 1.66. The van der Waals surface area contributed by atoms with Gasteiger partial charge in [-0.1, -0.05) is 13.0 Å². The van der Waals surface area contributed by atoms with Gasteiger partial charge in [-0.15, -0.1) is 0 Å². The molecule has 0 spiro atoms. The zero-order valence-corrected chi connectivity index (χ0v) is 9.52. The maximum Gasteiger partial charge on any atom is 0.0299 e. The van der Waals surface area contributed by atoms with Crippen molar-refractivity contribution >= 4 is 0 Å². The van der Waals surface area contributed by atoms with Crippen LogP contribution in [0.4, 0.5) is 0 Å². The Labute approximate surface area is 92.3 Å². The van der Waals surface area contributed by atoms with E-state index in [1.807, 2.05) is 18.5 Å². The molecule has 0 saturated carbocycles. The second-order valence-corrected chi connectivity index (χ2v) is 3.69. The predicted molar refractivity (Wildman–Crippen MR) is 63.7 cm³/mol. The van der Waals surface area contributed by atoms with Crippen molar-refractivity contribution in [2.45, 2.75) is 19.8 Å². The summed E-state index contributed by atoms with van der Waals surface area (Å²) < 4.78 is 0. The number of likely N-dealkylation sites (N-methyl/N-ethyl adjacent to an activating group) is 1. The average Bonchev–Trinajstić information content (AvgIpc) is 2.29. The van der Waals surface area contributed by atoms with Crippen molar-refractivity contribution in [2.75, 3.05) is 26.2 Å². The molecule has 1 aromatic rings. The number of rotatable bonds is 7. The molecule has 0 aliphatic carbocycles. The normalized spacial score (nSPS) is 10.9. The third kappa shape index (κ3) is 4.91. The first-order chi connectivity index (χ1) is 7.36. The summed E-state index contributed by atoms with van der Waals surface area (Å²) in [4.78, 5) is 6.49. The van der Waals surface area contributed by atoms with Crippen molar-refractivity contribution in [3.8, 4) is 0 Å². The van der Waals surface area contributed by atoms with E-state index in [0.717, 1.165) is 32.6 Å². The van der Waals surface area contributed by atoms with Gasteiger partial charge >= 0.3 is 0 Å². The number of nitrogens with zero attached hydrogens (tertiary/aromatic N) is 2. The van der Waals surface area contributed by atoms with Crippen molar-refractivity contribution < 1.29 is 0 Å². The molecule has 0 bridgehead atoms. The molecular weight excluding hydrogens is 186 g/mol. The molecule has 0 unspecified atom stereocenters. The van der Waals surface area contributed by atoms with Gasteiger partial charge in [0.25, 0.3) is 0 Å². The van der Waals surface area contributed by atoms with Crippen LogP contribution in [0.3, 0.4) is 0 Å². The summed E-state index contributed by atoms with van der Waals surface area (Å²) in [5, 5.41) is 0. The topological polar surface area (TPSA) is 42.1 Å². The number of aryl methyl sites for hydroxylation is 1. The summed E-state index contributed by atoms with van der Waals surface area (Å²) in [5.41, 5.74) is 6.86. The lowest BCUT2D eigenvalue weighted by Crippen LogP contribution is -2.30. The molecule has 84 valence electrons. The molecule has 0 aromatic carbocycles. The first-order valence-corrected chi connectivity index (χ1v) is 5.68. The van der Waals surface area contributed by atoms with E-state index in [0.29, 0.717) is 0 Å². The Morgan fingerprint density at radius 3 is 2.87 bits per heavy atom. The van der Waals surface area contributed by atoms with E-state index < -0.39 is 0 Å². The maximum absolute atomic E-state index is 5.54. The minimum absolute atomic E-state index is 0.751. The van der Waals surface area contributed by atoms with Gasteiger partial charge in [-0.05, 0) is 37.6 Å². The standard InChI is InChI=1S/C12H21N3/c1-2-15(10-7-13)9-4-6-12-5-3-8-14-11-12/h3,5,8,11H,2,4,6-7,9-10,13H2,1H3. The number of pyridine rings is 1. The van der Waals surface area contributed by atoms with Crippen molar-refractivity contribution in [1.29, 1.82) is 0 Å². The van der Waals surface area contributed by atoms with E-state index in [1.165, 1.54) is 12.0 Å². The lowest BCUT2D eigenvalue weighted by molar-refractivity contribution is 0.292. The Hall–Kier alpha value is -0.930. The van der Waals surface area contributed by atoms with Crippen LogP contribution in [0.1, 0.15) is 18.9 Å². The number of nitrogens with two attached hydrogens (primary N) is 1. The summed E-state index contributed by atoms with van der Waals surface area (Å²) in [6.45, 7) is 6.15. The van der Waals surface area contributed by atoms with Crippen LogP contribution in [0.25, 0.3) is 0 Å². The van der Waals surface area contributed by atoms with Gasteiger partial charge in [-0.25, -0.2) is 0 Å². The molecule has 2 N–H and O–H groups in total. The van der Waals surface area contributed by atoms with E-state index in [-0.39, 0.29) is 0 Å². The van der Waals surface area contributed by atoms with Crippen LogP contribution in [0.15, 0.2) is 24.5 Å². The molecule has 0 atom stereocenters. The second kappa shape index (κ2) is 7.37. The molecule has 3 nitrogen and oxygen atoms in total. The quantitative estimate of drug-likeness (QED) is 0.732. The maximum atomic E-state index is 5.54. The van der Waals surface area contributed by atoms with Crippen LogP contribution in [0.5, 0.6) is 0 Å². The Balaban J connectivity index is 2.20. The van der Waals surface area contributed by atoms with Crippen LogP contribution in [0, 0.1) is 0 Å². The Bertz CT molecular complexity index is 248. The molecule has 3 heteroatoms. The minimum Gasteiger partial charge on any atom is -0.329 e. The van der Waals surface area contributed by atoms with Crippen molar-refractivity contribution in [1.82, 2.24) is 9.88 Å². The van der Waals surface area contributed by atoms with Crippen LogP contribution in [-0.2, 0) is 6.42 Å². The highest BCUT2D eigenvalue weighted by Crippen LogP contribution is 2.01. The number of aromatic nitrogens is 1. The summed E-state index contributed by atoms with van der Waals surface area (Å²) in [6.07, 6.45) is 6.05. The first kappa shape index (κ1) is 12.1. The number of hydrogen-bond donors (Lipinski definition) is 1. The Morgan fingerprint density at radius 1 is 1.40 bits per heavy atom. The van der Waals surface area contributed by atoms with Crippen molar-refractivity contribution in [3.63, 3.8) is 0 Å². The Morgan fingerprint density at radius 2 is 2.27 bits per heavy atom. The summed E-state index contributed by atoms with van der Waals surface area (Å²) in [5.74, 6) is 0. The molecule has 1 aromatic heterocycles. The highest BCUT2D eigenvalue weighted by molar-refractivity contribution is 5.08. The molecule has 0 aliphatic rings. The third-order valence-corrected chi connectivity index (χ3v) is 2.56. The van der Waals surface area contributed by atoms with Crippen LogP contribution in [0.2, 0.25) is 0 Å². The number of hydrogen-bond acceptors (Lipinski definition) is 3. The van der Waals surface area contributed by atoms with Gasteiger partial charge < -0.3 is 10.6 Å². The molecule has 0 amide bonds. The molecule has 1 heterocycles. The lowest BCUT2D eigenvalue weighted by Gasteiger charge is -2.18. The van der Waals surface area contributed by atoms with E-state index in [1.54, 1.807) is 0 Å². The zero-order valence-electron chi connectivity index (χ0n) is 9.52. The highest BCUT2D eigenvalue weighted by Gasteiger charge is 2.00. The fraction of sp³-hybridized carbons (Fsp3) is 0.583. The largest absolute Gasteiger partial charge is 0.329 e. The van der Waals surface area contributed by atoms with E-state index in [2.05, 4.69) is 22.9 Å². The Kier molecular flexibility index (Phi) is 5.97. The predicted octanol–water partition coefficient (Wildman–Crippen LogP) is 1.29. The third-order valence-electron chi connectivity index (χ3n) is 2.56. The fourth-order valence-corrected chi connectivity index (χ4v) is 1.66. The van der Waals surface area contributed by atoms with Crippen LogP contribution in [-0.4, -0.2) is 36.1 Å². The van der Waals surface area contributed by atoms with Gasteiger partial charge in [0.1, 0.15) is 0 Å². The van der Waals surface area contributed by atoms with E-state index in [9.17, 15) is 0 Å². The lowest BCUT2D eigenvalue weighted by atomic mass is 10.1. The summed E-state index contributed by atoms with van der Waals surface area (Å²) in [6, 6.07) is 4.12. The minimum atomic E-state index is 0.751. The zero-order chi connectivity index (χ0) is 10.9. The van der Waals surface area contributed by atoms with Gasteiger partial charge in [-0.2, -0.15) is 0 Å². The van der Waals surface area contributed by atoms with Crippen LogP contribution >= 0.6 is 0 Å². The van der Waals surface area contributed by atoms with Crippen molar-refractivity contribution in [3.05, 3.63) is 30.1 Å². The second-order valence-electron chi connectivity index (χ2n) is 3.69. The van der Waals surface area contributed by atoms with Crippen molar-refractivity contribution in [2.24, 2.45) is 5.73 Å². The molecule has 0 saturated heterocycles. The first-order valence-electron chi connectivity index (χ1n) is 5.68. The van der Waals surface area contributed by atoms with Crippen LogP contribution < -0.4 is 5.73 Å². The van der Waals surface area contributed by atoms with Gasteiger partial charge in [0, 0.05) is 25.5 Å². The van der Waals surface area contributed by atoms with Gasteiger partial charge in [-0.3, -0.25) is 4.98 Å². The highest BCUT2D eigenvalue weighted by atomic mass is 15.1. The SMILES string of the molecule is CCN(CCN)CCCc1cccnc1. The molecule has 0 radical (unpaired) electrons. The van der Waals surface area contributed by atoms with E-state index >= 15 is 0 Å². The van der Waals surface area contributed by atoms with Gasteiger partial charge in [0.2, 0.25) is 0 Å². The molecule has 1 rings (SSSR count). The van der Waals surface area contributed by atoms with Gasteiger partial charge in [0.15, 0.2) is 0 Å². The molecular formula is C12H21N3.